The van der Waals surface area contributed by atoms with Crippen molar-refractivity contribution in [2.45, 2.75) is 64.2 Å². The van der Waals surface area contributed by atoms with Crippen LogP contribution in [-0.2, 0) is 6.42 Å². The zero-order valence-corrected chi connectivity index (χ0v) is 30.2. The summed E-state index contributed by atoms with van der Waals surface area (Å²) in [6.07, 6.45) is 52.3. The third kappa shape index (κ3) is 5.78. The van der Waals surface area contributed by atoms with E-state index in [1.807, 2.05) is 0 Å². The normalized spacial score (nSPS) is 27.2. The summed E-state index contributed by atoms with van der Waals surface area (Å²) >= 11 is 0. The van der Waals surface area contributed by atoms with E-state index in [-0.39, 0.29) is 0 Å². The summed E-state index contributed by atoms with van der Waals surface area (Å²) < 4.78 is 0. The van der Waals surface area contributed by atoms with Gasteiger partial charge in [-0.1, -0.05) is 146 Å². The van der Waals surface area contributed by atoms with E-state index in [1.54, 1.807) is 27.9 Å². The molecule has 256 valence electrons. The molecular formula is C52H48. The van der Waals surface area contributed by atoms with E-state index < -0.39 is 0 Å². The topological polar surface area (TPSA) is 0 Å². The summed E-state index contributed by atoms with van der Waals surface area (Å²) in [5, 5.41) is 2.90. The maximum atomic E-state index is 2.57. The Bertz CT molecular complexity index is 2360. The molecule has 0 aliphatic heterocycles. The Morgan fingerprint density at radius 1 is 0.538 bits per heavy atom. The highest BCUT2D eigenvalue weighted by atomic mass is 14.4. The van der Waals surface area contributed by atoms with Crippen molar-refractivity contribution in [3.63, 3.8) is 0 Å². The zero-order chi connectivity index (χ0) is 34.4. The Morgan fingerprint density at radius 2 is 1.33 bits per heavy atom. The fourth-order valence-electron chi connectivity index (χ4n) is 10.3. The van der Waals surface area contributed by atoms with Gasteiger partial charge in [-0.2, -0.15) is 0 Å². The van der Waals surface area contributed by atoms with Gasteiger partial charge in [0.25, 0.3) is 0 Å². The highest BCUT2D eigenvalue weighted by Gasteiger charge is 2.34. The van der Waals surface area contributed by atoms with Gasteiger partial charge in [-0.25, -0.2) is 0 Å². The number of fused-ring (bicyclic) bond motifs is 3. The first-order valence-corrected chi connectivity index (χ1v) is 20.0. The van der Waals surface area contributed by atoms with Gasteiger partial charge in [0.05, 0.1) is 0 Å². The predicted molar refractivity (Wildman–Crippen MR) is 220 cm³/mol. The minimum absolute atomic E-state index is 0.367. The lowest BCUT2D eigenvalue weighted by Crippen LogP contribution is -2.41. The van der Waals surface area contributed by atoms with Crippen molar-refractivity contribution in [2.75, 3.05) is 0 Å². The summed E-state index contributed by atoms with van der Waals surface area (Å²) in [6.45, 7) is 0. The quantitative estimate of drug-likeness (QED) is 0.297. The first-order valence-electron chi connectivity index (χ1n) is 20.0. The Balaban J connectivity index is 1.04. The highest BCUT2D eigenvalue weighted by Crippen LogP contribution is 2.46. The van der Waals surface area contributed by atoms with Gasteiger partial charge in [0.15, 0.2) is 0 Å². The van der Waals surface area contributed by atoms with Crippen LogP contribution in [0.4, 0.5) is 0 Å². The molecule has 0 heterocycles. The van der Waals surface area contributed by atoms with Crippen molar-refractivity contribution in [1.29, 1.82) is 0 Å². The zero-order valence-electron chi connectivity index (χ0n) is 30.2. The van der Waals surface area contributed by atoms with Crippen molar-refractivity contribution in [3.8, 4) is 0 Å². The number of benzene rings is 2. The molecule has 0 bridgehead atoms. The minimum atomic E-state index is 0.367. The van der Waals surface area contributed by atoms with Crippen LogP contribution >= 0.6 is 0 Å². The smallest absolute Gasteiger partial charge is 0.0134 e. The molecule has 0 radical (unpaired) electrons. The van der Waals surface area contributed by atoms with Gasteiger partial charge in [0.2, 0.25) is 0 Å². The molecule has 0 spiro atoms. The van der Waals surface area contributed by atoms with E-state index >= 15 is 0 Å². The molecule has 0 aromatic heterocycles. The second kappa shape index (κ2) is 13.6. The van der Waals surface area contributed by atoms with Gasteiger partial charge >= 0.3 is 0 Å². The molecule has 8 aliphatic rings. The fourth-order valence-corrected chi connectivity index (χ4v) is 10.3. The van der Waals surface area contributed by atoms with E-state index in [9.17, 15) is 0 Å². The third-order valence-electron chi connectivity index (χ3n) is 12.9. The molecule has 52 heavy (non-hydrogen) atoms. The molecule has 0 heteroatoms. The van der Waals surface area contributed by atoms with Gasteiger partial charge in [0.1, 0.15) is 0 Å². The second-order valence-electron chi connectivity index (χ2n) is 15.9. The molecule has 2 aromatic carbocycles. The Morgan fingerprint density at radius 3 is 2.12 bits per heavy atom. The average molecular weight is 673 g/mol. The molecule has 0 saturated carbocycles. The van der Waals surface area contributed by atoms with Crippen LogP contribution in [0, 0.1) is 23.7 Å². The van der Waals surface area contributed by atoms with E-state index in [4.69, 9.17) is 0 Å². The first-order chi connectivity index (χ1) is 25.8. The molecule has 0 nitrogen and oxygen atoms in total. The molecule has 8 aliphatic carbocycles. The van der Waals surface area contributed by atoms with Crippen molar-refractivity contribution in [1.82, 2.24) is 0 Å². The van der Waals surface area contributed by atoms with E-state index in [1.165, 1.54) is 68.7 Å². The molecule has 0 N–H and O–H groups in total. The molecule has 0 fully saturated rings. The molecule has 4 atom stereocenters. The molecule has 0 saturated heterocycles. The number of hydrogen-bond donors (Lipinski definition) is 0. The Hall–Kier alpha value is -4.94. The second-order valence-corrected chi connectivity index (χ2v) is 15.9. The first kappa shape index (κ1) is 31.8. The van der Waals surface area contributed by atoms with Gasteiger partial charge in [0, 0.05) is 11.8 Å². The van der Waals surface area contributed by atoms with Crippen LogP contribution in [0.2, 0.25) is 0 Å². The predicted octanol–water partition coefficient (Wildman–Crippen LogP) is 11.5. The van der Waals surface area contributed by atoms with Crippen LogP contribution in [0.25, 0.3) is 22.8 Å². The van der Waals surface area contributed by atoms with Gasteiger partial charge in [-0.05, 0) is 153 Å². The Labute approximate surface area is 309 Å². The van der Waals surface area contributed by atoms with Crippen molar-refractivity contribution < 1.29 is 0 Å². The highest BCUT2D eigenvalue weighted by molar-refractivity contribution is 5.85. The lowest BCUT2D eigenvalue weighted by Gasteiger charge is -2.36. The average Bonchev–Trinajstić information content (AvgIpc) is 3.22. The van der Waals surface area contributed by atoms with Crippen LogP contribution in [0.15, 0.2) is 173 Å². The number of allylic oxidation sites excluding steroid dienone is 23. The van der Waals surface area contributed by atoms with Crippen LogP contribution < -0.4 is 10.4 Å². The molecule has 10 rings (SSSR count). The van der Waals surface area contributed by atoms with Crippen LogP contribution in [0.3, 0.4) is 0 Å². The number of hydrogen-bond acceptors (Lipinski definition) is 0. The lowest BCUT2D eigenvalue weighted by molar-refractivity contribution is 0.481. The SMILES string of the molecule is C1=CCC(C2C=C(C3=CCCC=C3)C=C(c3ccc4c(c3)CCC(C3=c5ccccc5=C(C5=CC6=C(C=CCC6)CC5)C5C=CC=CC35)=C4)C2)C=C1. The van der Waals surface area contributed by atoms with Crippen LogP contribution in [0.5, 0.6) is 0 Å². The molecule has 0 amide bonds. The summed E-state index contributed by atoms with van der Waals surface area (Å²) in [6, 6.07) is 16.7. The minimum Gasteiger partial charge on any atom is -0.0839 e. The maximum Gasteiger partial charge on any atom is 0.0134 e. The van der Waals surface area contributed by atoms with Crippen molar-refractivity contribution in [2.24, 2.45) is 23.7 Å². The van der Waals surface area contributed by atoms with Gasteiger partial charge < -0.3 is 0 Å². The van der Waals surface area contributed by atoms with Crippen molar-refractivity contribution in [3.05, 3.63) is 200 Å². The molecule has 2 aromatic rings. The third-order valence-corrected chi connectivity index (χ3v) is 12.9. The number of aryl methyl sites for hydroxylation is 1. The maximum absolute atomic E-state index is 2.57. The Kier molecular flexibility index (Phi) is 8.28. The fraction of sp³-hybridized carbons (Fsp3) is 0.269. The summed E-state index contributed by atoms with van der Waals surface area (Å²) in [5.74, 6) is 1.83. The van der Waals surface area contributed by atoms with Crippen LogP contribution in [0.1, 0.15) is 74.5 Å². The lowest BCUT2D eigenvalue weighted by atomic mass is 9.67. The number of rotatable bonds is 5. The van der Waals surface area contributed by atoms with E-state index in [0.29, 0.717) is 23.7 Å². The largest absolute Gasteiger partial charge is 0.0839 e. The van der Waals surface area contributed by atoms with E-state index in [2.05, 4.69) is 146 Å². The van der Waals surface area contributed by atoms with E-state index in [0.717, 1.165) is 44.9 Å². The van der Waals surface area contributed by atoms with Gasteiger partial charge in [-0.15, -0.1) is 0 Å². The van der Waals surface area contributed by atoms with Crippen molar-refractivity contribution >= 4 is 22.8 Å². The molecule has 4 unspecified atom stereocenters. The standard InChI is InChI=1S/C52H48/c1-3-13-35(14-4-1)44-32-45(36-15-5-2-6-16-36)34-46(33-44)41-25-24-40-31-43(28-26-39(40)29-41)52-49-21-11-9-19-47(49)51(48-20-10-12-22-50(48)52)42-27-23-37-17-7-8-18-38(37)30-42/h1,3-5,7,9-13,15-17,19-22,24-25,29-32,34-35,44,47,49H,2,6,8,14,18,23,26-28,33H2. The molecular weight excluding hydrogens is 625 g/mol. The van der Waals surface area contributed by atoms with Gasteiger partial charge in [-0.3, -0.25) is 0 Å². The summed E-state index contributed by atoms with van der Waals surface area (Å²) in [4.78, 5) is 0. The monoisotopic (exact) mass is 672 g/mol. The van der Waals surface area contributed by atoms with Crippen LogP contribution in [-0.4, -0.2) is 0 Å². The summed E-state index contributed by atoms with van der Waals surface area (Å²) in [7, 11) is 0. The summed E-state index contributed by atoms with van der Waals surface area (Å²) in [5.41, 5.74) is 17.9.